The molecule has 1 fully saturated rings. The average Bonchev–Trinajstić information content (AvgIpc) is 3.22. The number of aromatic nitrogens is 1. The molecule has 3 heterocycles. The van der Waals surface area contributed by atoms with Crippen LogP contribution >= 0.6 is 0 Å². The van der Waals surface area contributed by atoms with Crippen LogP contribution in [0.5, 0.6) is 0 Å². The lowest BCUT2D eigenvalue weighted by atomic mass is 9.83. The van der Waals surface area contributed by atoms with Crippen LogP contribution in [-0.4, -0.2) is 28.9 Å². The molecule has 1 aromatic heterocycles. The zero-order valence-electron chi connectivity index (χ0n) is 14.7. The number of hydrogen-bond acceptors (Lipinski definition) is 4. The predicted octanol–water partition coefficient (Wildman–Crippen LogP) is 3.80. The van der Waals surface area contributed by atoms with E-state index < -0.39 is 0 Å². The van der Waals surface area contributed by atoms with Crippen LogP contribution in [0.2, 0.25) is 0 Å². The van der Waals surface area contributed by atoms with Crippen molar-refractivity contribution in [2.75, 3.05) is 13.1 Å². The van der Waals surface area contributed by atoms with E-state index in [0.717, 1.165) is 18.4 Å². The van der Waals surface area contributed by atoms with Crippen LogP contribution in [0.15, 0.2) is 46.9 Å². The summed E-state index contributed by atoms with van der Waals surface area (Å²) in [5.74, 6) is 0.656. The summed E-state index contributed by atoms with van der Waals surface area (Å²) in [6.07, 6.45) is 1.67. The second kappa shape index (κ2) is 5.68. The fraction of sp³-hybridized carbons (Fsp3) is 0.333. The van der Waals surface area contributed by atoms with Crippen molar-refractivity contribution < 1.29 is 13.9 Å². The van der Waals surface area contributed by atoms with Gasteiger partial charge in [-0.25, -0.2) is 4.98 Å². The molecule has 5 rings (SSSR count). The number of ether oxygens (including phenoxy) is 1. The molecule has 1 saturated heterocycles. The van der Waals surface area contributed by atoms with Gasteiger partial charge in [0, 0.05) is 25.6 Å². The van der Waals surface area contributed by atoms with Gasteiger partial charge in [0.25, 0.3) is 5.91 Å². The van der Waals surface area contributed by atoms with Crippen LogP contribution < -0.4 is 0 Å². The maximum absolute atomic E-state index is 12.9. The third-order valence-corrected chi connectivity index (χ3v) is 5.61. The Balaban J connectivity index is 1.35. The normalized spacial score (nSPS) is 18.4. The van der Waals surface area contributed by atoms with Gasteiger partial charge in [-0.2, -0.15) is 0 Å². The monoisotopic (exact) mass is 348 g/mol. The Morgan fingerprint density at radius 2 is 1.96 bits per heavy atom. The van der Waals surface area contributed by atoms with Crippen molar-refractivity contribution in [3.05, 3.63) is 65.0 Å². The maximum Gasteiger partial charge on any atom is 0.253 e. The Morgan fingerprint density at radius 1 is 1.15 bits per heavy atom. The lowest BCUT2D eigenvalue weighted by Crippen LogP contribution is -2.45. The number of fused-ring (bicyclic) bond motifs is 3. The smallest absolute Gasteiger partial charge is 0.253 e. The number of benzene rings is 2. The Hall–Kier alpha value is -2.66. The average molecular weight is 348 g/mol. The van der Waals surface area contributed by atoms with Crippen LogP contribution in [-0.2, 0) is 16.9 Å². The van der Waals surface area contributed by atoms with Crippen molar-refractivity contribution in [2.45, 2.75) is 32.0 Å². The Labute approximate surface area is 151 Å². The van der Waals surface area contributed by atoms with Gasteiger partial charge in [0.1, 0.15) is 5.52 Å². The molecule has 5 nitrogen and oxygen atoms in total. The molecular weight excluding hydrogens is 328 g/mol. The number of carbonyl (C=O) groups is 1. The van der Waals surface area contributed by atoms with Gasteiger partial charge >= 0.3 is 0 Å². The quantitative estimate of drug-likeness (QED) is 0.671. The zero-order chi connectivity index (χ0) is 17.7. The van der Waals surface area contributed by atoms with Crippen molar-refractivity contribution in [1.82, 2.24) is 9.88 Å². The van der Waals surface area contributed by atoms with Gasteiger partial charge in [0.05, 0.1) is 12.2 Å². The van der Waals surface area contributed by atoms with Crippen molar-refractivity contribution >= 4 is 17.0 Å². The van der Waals surface area contributed by atoms with Gasteiger partial charge in [-0.15, -0.1) is 0 Å². The van der Waals surface area contributed by atoms with E-state index in [1.807, 2.05) is 24.0 Å². The number of oxazole rings is 1. The lowest BCUT2D eigenvalue weighted by Gasteiger charge is -2.39. The molecule has 2 aliphatic heterocycles. The summed E-state index contributed by atoms with van der Waals surface area (Å²) < 4.78 is 11.7. The minimum atomic E-state index is -0.223. The number of carbonyl (C=O) groups excluding carboxylic acids is 1. The van der Waals surface area contributed by atoms with E-state index in [1.54, 1.807) is 6.07 Å². The van der Waals surface area contributed by atoms with Gasteiger partial charge in [0.2, 0.25) is 0 Å². The second-order valence-electron chi connectivity index (χ2n) is 7.15. The van der Waals surface area contributed by atoms with Crippen LogP contribution in [0.25, 0.3) is 11.1 Å². The second-order valence-corrected chi connectivity index (χ2v) is 7.15. The molecule has 26 heavy (non-hydrogen) atoms. The Bertz CT molecular complexity index is 999. The van der Waals surface area contributed by atoms with E-state index in [0.29, 0.717) is 36.7 Å². The Kier molecular flexibility index (Phi) is 3.40. The fourth-order valence-electron chi connectivity index (χ4n) is 4.22. The van der Waals surface area contributed by atoms with Crippen LogP contribution in [0.4, 0.5) is 0 Å². The molecule has 1 amide bonds. The highest BCUT2D eigenvalue weighted by molar-refractivity contribution is 5.97. The lowest BCUT2D eigenvalue weighted by molar-refractivity contribution is -0.0741. The summed E-state index contributed by atoms with van der Waals surface area (Å²) in [5.41, 5.74) is 4.45. The Morgan fingerprint density at radius 3 is 2.81 bits per heavy atom. The van der Waals surface area contributed by atoms with E-state index in [-0.39, 0.29) is 11.5 Å². The van der Waals surface area contributed by atoms with Gasteiger partial charge < -0.3 is 14.1 Å². The van der Waals surface area contributed by atoms with Crippen LogP contribution in [0.1, 0.15) is 40.2 Å². The number of likely N-dealkylation sites (tertiary alicyclic amines) is 1. The standard InChI is InChI=1S/C21H20N2O3/c1-14-22-18-7-6-15(12-19(18)26-14)20(24)23-10-8-21(9-11-23)17-5-3-2-4-16(17)13-25-21/h2-7,12H,8-11,13H2,1H3. The summed E-state index contributed by atoms with van der Waals surface area (Å²) in [7, 11) is 0. The van der Waals surface area contributed by atoms with E-state index in [9.17, 15) is 4.79 Å². The van der Waals surface area contributed by atoms with E-state index >= 15 is 0 Å². The first-order chi connectivity index (χ1) is 12.6. The van der Waals surface area contributed by atoms with E-state index in [2.05, 4.69) is 29.2 Å². The van der Waals surface area contributed by atoms with Gasteiger partial charge in [-0.05, 0) is 42.2 Å². The summed E-state index contributed by atoms with van der Waals surface area (Å²) in [5, 5.41) is 0. The molecule has 2 aromatic carbocycles. The van der Waals surface area contributed by atoms with Crippen molar-refractivity contribution in [1.29, 1.82) is 0 Å². The highest BCUT2D eigenvalue weighted by Crippen LogP contribution is 2.44. The molecule has 0 unspecified atom stereocenters. The molecule has 0 radical (unpaired) electrons. The van der Waals surface area contributed by atoms with Gasteiger partial charge in [-0.3, -0.25) is 4.79 Å². The highest BCUT2D eigenvalue weighted by Gasteiger charge is 2.43. The van der Waals surface area contributed by atoms with E-state index in [4.69, 9.17) is 9.15 Å². The first-order valence-corrected chi connectivity index (χ1v) is 9.03. The highest BCUT2D eigenvalue weighted by atomic mass is 16.5. The maximum atomic E-state index is 12.9. The molecule has 3 aromatic rings. The molecule has 0 N–H and O–H groups in total. The van der Waals surface area contributed by atoms with Crippen LogP contribution in [0.3, 0.4) is 0 Å². The molecule has 1 spiro atoms. The number of rotatable bonds is 1. The summed E-state index contributed by atoms with van der Waals surface area (Å²) >= 11 is 0. The van der Waals surface area contributed by atoms with Crippen molar-refractivity contribution in [3.8, 4) is 0 Å². The first kappa shape index (κ1) is 15.6. The third kappa shape index (κ3) is 2.35. The molecule has 0 bridgehead atoms. The number of nitrogens with zero attached hydrogens (tertiary/aromatic N) is 2. The number of hydrogen-bond donors (Lipinski definition) is 0. The largest absolute Gasteiger partial charge is 0.441 e. The summed E-state index contributed by atoms with van der Waals surface area (Å²) in [6, 6.07) is 13.9. The summed E-state index contributed by atoms with van der Waals surface area (Å²) in [6.45, 7) is 3.87. The minimum absolute atomic E-state index is 0.0436. The molecule has 0 aliphatic carbocycles. The number of piperidine rings is 1. The molecule has 0 saturated carbocycles. The number of aryl methyl sites for hydroxylation is 1. The van der Waals surface area contributed by atoms with E-state index in [1.165, 1.54) is 11.1 Å². The molecular formula is C21H20N2O3. The zero-order valence-corrected chi connectivity index (χ0v) is 14.7. The molecule has 5 heteroatoms. The topological polar surface area (TPSA) is 55.6 Å². The molecule has 132 valence electrons. The molecule has 0 atom stereocenters. The third-order valence-electron chi connectivity index (χ3n) is 5.61. The fourth-order valence-corrected chi connectivity index (χ4v) is 4.22. The van der Waals surface area contributed by atoms with Gasteiger partial charge in [0.15, 0.2) is 11.5 Å². The number of amides is 1. The van der Waals surface area contributed by atoms with Crippen molar-refractivity contribution in [2.24, 2.45) is 0 Å². The SMILES string of the molecule is Cc1nc2ccc(C(=O)N3CCC4(CC3)OCc3ccccc34)cc2o1. The van der Waals surface area contributed by atoms with Crippen LogP contribution in [0, 0.1) is 6.92 Å². The minimum Gasteiger partial charge on any atom is -0.441 e. The van der Waals surface area contributed by atoms with Crippen molar-refractivity contribution in [3.63, 3.8) is 0 Å². The molecule has 2 aliphatic rings. The van der Waals surface area contributed by atoms with Gasteiger partial charge in [-0.1, -0.05) is 24.3 Å². The first-order valence-electron chi connectivity index (χ1n) is 9.03. The summed E-state index contributed by atoms with van der Waals surface area (Å²) in [4.78, 5) is 19.1. The predicted molar refractivity (Wildman–Crippen MR) is 96.8 cm³/mol.